The van der Waals surface area contributed by atoms with Crippen molar-refractivity contribution in [2.45, 2.75) is 15.9 Å². The second kappa shape index (κ2) is 5.04. The standard InChI is InChI=1S/C10H11F3N2O4S/c11-10(12,13)6-1-3-7(4-2-6)20(18,19)9(15,5-16)8(14)17/h1-4,16H,5,15H2,(H2,14,17)/t9-/m1/s1. The zero-order valence-corrected chi connectivity index (χ0v) is 10.7. The van der Waals surface area contributed by atoms with Crippen molar-refractivity contribution in [1.29, 1.82) is 0 Å². The first-order valence-electron chi connectivity index (χ1n) is 5.08. The predicted molar refractivity (Wildman–Crippen MR) is 61.8 cm³/mol. The van der Waals surface area contributed by atoms with Gasteiger partial charge in [-0.05, 0) is 24.3 Å². The minimum Gasteiger partial charge on any atom is -0.393 e. The molecule has 1 atom stereocenters. The normalized spacial score (nSPS) is 15.7. The smallest absolute Gasteiger partial charge is 0.393 e. The van der Waals surface area contributed by atoms with Crippen molar-refractivity contribution >= 4 is 15.7 Å². The Morgan fingerprint density at radius 1 is 1.20 bits per heavy atom. The van der Waals surface area contributed by atoms with Crippen LogP contribution in [0.4, 0.5) is 13.2 Å². The lowest BCUT2D eigenvalue weighted by molar-refractivity contribution is -0.137. The first kappa shape index (κ1) is 16.4. The number of halogens is 3. The van der Waals surface area contributed by atoms with Gasteiger partial charge in [-0.15, -0.1) is 0 Å². The second-order valence-electron chi connectivity index (χ2n) is 3.94. The SMILES string of the molecule is NC(=O)[C@@](N)(CO)S(=O)(=O)c1ccc(C(F)(F)F)cc1. The number of aliphatic hydroxyl groups excluding tert-OH is 1. The number of hydrogen-bond donors (Lipinski definition) is 3. The maximum absolute atomic E-state index is 12.4. The molecule has 0 aromatic heterocycles. The Bertz CT molecular complexity index is 612. The molecule has 20 heavy (non-hydrogen) atoms. The third-order valence-electron chi connectivity index (χ3n) is 2.62. The van der Waals surface area contributed by atoms with Gasteiger partial charge >= 0.3 is 6.18 Å². The number of hydrogen-bond acceptors (Lipinski definition) is 5. The minimum atomic E-state index is -4.64. The van der Waals surface area contributed by atoms with Gasteiger partial charge in [0.2, 0.25) is 14.7 Å². The number of primary amides is 1. The molecule has 5 N–H and O–H groups in total. The fraction of sp³-hybridized carbons (Fsp3) is 0.300. The summed E-state index contributed by atoms with van der Waals surface area (Å²) in [7, 11) is -4.63. The van der Waals surface area contributed by atoms with E-state index in [0.29, 0.717) is 24.3 Å². The molecule has 6 nitrogen and oxygen atoms in total. The molecule has 0 aliphatic heterocycles. The fourth-order valence-corrected chi connectivity index (χ4v) is 2.68. The van der Waals surface area contributed by atoms with Crippen LogP contribution in [0.1, 0.15) is 5.56 Å². The van der Waals surface area contributed by atoms with Crippen LogP contribution in [0.5, 0.6) is 0 Å². The van der Waals surface area contributed by atoms with Crippen molar-refractivity contribution in [2.75, 3.05) is 6.61 Å². The molecular weight excluding hydrogens is 301 g/mol. The number of amides is 1. The molecule has 112 valence electrons. The monoisotopic (exact) mass is 312 g/mol. The number of alkyl halides is 3. The van der Waals surface area contributed by atoms with Crippen molar-refractivity contribution in [3.05, 3.63) is 29.8 Å². The van der Waals surface area contributed by atoms with Crippen LogP contribution in [0, 0.1) is 0 Å². The summed E-state index contributed by atoms with van der Waals surface area (Å²) in [5, 5.41) is 8.95. The predicted octanol–water partition coefficient (Wildman–Crippen LogP) is -0.388. The molecule has 0 aliphatic rings. The second-order valence-corrected chi connectivity index (χ2v) is 6.14. The average molecular weight is 312 g/mol. The Labute approximate surface area is 112 Å². The molecule has 0 aliphatic carbocycles. The number of benzene rings is 1. The van der Waals surface area contributed by atoms with Gasteiger partial charge in [-0.2, -0.15) is 13.2 Å². The number of carbonyl (C=O) groups is 1. The van der Waals surface area contributed by atoms with Crippen LogP contribution in [0.3, 0.4) is 0 Å². The van der Waals surface area contributed by atoms with Crippen molar-refractivity contribution in [2.24, 2.45) is 11.5 Å². The maximum atomic E-state index is 12.4. The molecular formula is C10H11F3N2O4S. The quantitative estimate of drug-likeness (QED) is 0.698. The van der Waals surface area contributed by atoms with E-state index < -0.39 is 43.9 Å². The lowest BCUT2D eigenvalue weighted by Crippen LogP contribution is -2.60. The summed E-state index contributed by atoms with van der Waals surface area (Å²) in [5.41, 5.74) is 8.99. The highest BCUT2D eigenvalue weighted by Gasteiger charge is 2.46. The molecule has 1 aromatic carbocycles. The van der Waals surface area contributed by atoms with Crippen LogP contribution in [0.2, 0.25) is 0 Å². The van der Waals surface area contributed by atoms with Gasteiger partial charge in [-0.25, -0.2) is 8.42 Å². The van der Waals surface area contributed by atoms with E-state index >= 15 is 0 Å². The highest BCUT2D eigenvalue weighted by Crippen LogP contribution is 2.30. The van der Waals surface area contributed by atoms with Crippen molar-refractivity contribution < 1.29 is 31.5 Å². The molecule has 0 saturated heterocycles. The highest BCUT2D eigenvalue weighted by molar-refractivity contribution is 7.93. The summed E-state index contributed by atoms with van der Waals surface area (Å²) in [4.78, 5) is 7.63. The lowest BCUT2D eigenvalue weighted by atomic mass is 10.2. The van der Waals surface area contributed by atoms with Gasteiger partial charge in [0, 0.05) is 0 Å². The van der Waals surface area contributed by atoms with E-state index in [1.54, 1.807) is 0 Å². The van der Waals surface area contributed by atoms with Gasteiger partial charge in [-0.3, -0.25) is 4.79 Å². The summed E-state index contributed by atoms with van der Waals surface area (Å²) in [5.74, 6) is -1.51. The van der Waals surface area contributed by atoms with E-state index in [0.717, 1.165) is 0 Å². The summed E-state index contributed by atoms with van der Waals surface area (Å²) in [6.07, 6.45) is -4.64. The number of nitrogens with two attached hydrogens (primary N) is 2. The first-order chi connectivity index (χ1) is 8.96. The van der Waals surface area contributed by atoms with Gasteiger partial charge in [-0.1, -0.05) is 0 Å². The summed E-state index contributed by atoms with van der Waals surface area (Å²) in [6, 6.07) is 2.31. The molecule has 0 heterocycles. The lowest BCUT2D eigenvalue weighted by Gasteiger charge is -2.23. The van der Waals surface area contributed by atoms with E-state index in [1.165, 1.54) is 0 Å². The van der Waals surface area contributed by atoms with Gasteiger partial charge in [0.1, 0.15) is 0 Å². The zero-order chi connectivity index (χ0) is 15.8. The third-order valence-corrected chi connectivity index (χ3v) is 4.81. The zero-order valence-electron chi connectivity index (χ0n) is 9.89. The molecule has 0 unspecified atom stereocenters. The molecule has 0 fully saturated rings. The molecule has 1 amide bonds. The summed E-state index contributed by atoms with van der Waals surface area (Å²) in [6.45, 7) is -1.30. The largest absolute Gasteiger partial charge is 0.416 e. The fourth-order valence-electron chi connectivity index (χ4n) is 1.33. The Kier molecular flexibility index (Phi) is 4.13. The van der Waals surface area contributed by atoms with Crippen LogP contribution in [-0.2, 0) is 20.8 Å². The summed E-state index contributed by atoms with van der Waals surface area (Å²) < 4.78 is 61.1. The molecule has 1 rings (SSSR count). The minimum absolute atomic E-state index is 0.520. The molecule has 0 bridgehead atoms. The van der Waals surface area contributed by atoms with Crippen molar-refractivity contribution in [1.82, 2.24) is 0 Å². The van der Waals surface area contributed by atoms with Gasteiger partial charge < -0.3 is 16.6 Å². The molecule has 1 aromatic rings. The van der Waals surface area contributed by atoms with Crippen LogP contribution >= 0.6 is 0 Å². The molecule has 10 heteroatoms. The number of aliphatic hydroxyl groups is 1. The Morgan fingerprint density at radius 3 is 1.95 bits per heavy atom. The Hall–Kier alpha value is -1.65. The molecule has 0 radical (unpaired) electrons. The van der Waals surface area contributed by atoms with E-state index in [1.807, 2.05) is 0 Å². The molecule has 0 spiro atoms. The van der Waals surface area contributed by atoms with Crippen LogP contribution in [0.15, 0.2) is 29.2 Å². The number of sulfone groups is 1. The van der Waals surface area contributed by atoms with Crippen molar-refractivity contribution in [3.8, 4) is 0 Å². The highest BCUT2D eigenvalue weighted by atomic mass is 32.2. The van der Waals surface area contributed by atoms with E-state index in [2.05, 4.69) is 0 Å². The maximum Gasteiger partial charge on any atom is 0.416 e. The Morgan fingerprint density at radius 2 is 1.65 bits per heavy atom. The summed E-state index contributed by atoms with van der Waals surface area (Å²) >= 11 is 0. The number of carbonyl (C=O) groups excluding carboxylic acids is 1. The van der Waals surface area contributed by atoms with Crippen LogP contribution in [-0.4, -0.2) is 30.9 Å². The Balaban J connectivity index is 3.34. The van der Waals surface area contributed by atoms with E-state index in [4.69, 9.17) is 16.6 Å². The number of rotatable bonds is 4. The van der Waals surface area contributed by atoms with Gasteiger partial charge in [0.15, 0.2) is 0 Å². The van der Waals surface area contributed by atoms with E-state index in [9.17, 15) is 26.4 Å². The van der Waals surface area contributed by atoms with Crippen molar-refractivity contribution in [3.63, 3.8) is 0 Å². The first-order valence-corrected chi connectivity index (χ1v) is 6.56. The van der Waals surface area contributed by atoms with Crippen LogP contribution in [0.25, 0.3) is 0 Å². The topological polar surface area (TPSA) is 123 Å². The third kappa shape index (κ3) is 2.62. The van der Waals surface area contributed by atoms with E-state index in [-0.39, 0.29) is 0 Å². The van der Waals surface area contributed by atoms with Crippen LogP contribution < -0.4 is 11.5 Å². The average Bonchev–Trinajstić information content (AvgIpc) is 2.36. The van der Waals surface area contributed by atoms with Gasteiger partial charge in [0.25, 0.3) is 5.91 Å². The van der Waals surface area contributed by atoms with Gasteiger partial charge in [0.05, 0.1) is 17.1 Å². The molecule has 0 saturated carbocycles.